The molecular formula is C13H13ClF3NOS. The van der Waals surface area contributed by atoms with Crippen LogP contribution in [-0.2, 0) is 6.18 Å². The molecule has 0 saturated heterocycles. The number of hydrogen-bond acceptors (Lipinski definition) is 3. The molecule has 0 spiro atoms. The molecule has 7 heteroatoms. The van der Waals surface area contributed by atoms with Gasteiger partial charge in [-0.3, -0.25) is 0 Å². The quantitative estimate of drug-likeness (QED) is 0.916. The molecule has 1 aromatic heterocycles. The van der Waals surface area contributed by atoms with Gasteiger partial charge in [-0.2, -0.15) is 13.2 Å². The van der Waals surface area contributed by atoms with Gasteiger partial charge in [-0.15, -0.1) is 23.7 Å². The van der Waals surface area contributed by atoms with Crippen LogP contribution >= 0.6 is 23.7 Å². The highest BCUT2D eigenvalue weighted by Crippen LogP contribution is 2.38. The topological polar surface area (TPSA) is 35.2 Å². The SMILES string of the molecule is COc1ccc([C@@H](N)c2cccs2)c(C(F)(F)F)c1.Cl. The standard InChI is InChI=1S/C13H12F3NOS.ClH/c1-18-8-4-5-9(10(7-8)13(14,15)16)12(17)11-3-2-6-19-11;/h2-7,12H,17H2,1H3;1H/t12-;/m1./s1. The summed E-state index contributed by atoms with van der Waals surface area (Å²) in [6, 6.07) is 6.52. The summed E-state index contributed by atoms with van der Waals surface area (Å²) < 4.78 is 44.0. The van der Waals surface area contributed by atoms with E-state index >= 15 is 0 Å². The van der Waals surface area contributed by atoms with Crippen LogP contribution in [0.2, 0.25) is 0 Å². The molecular weight excluding hydrogens is 311 g/mol. The van der Waals surface area contributed by atoms with Crippen molar-refractivity contribution in [3.05, 3.63) is 51.7 Å². The van der Waals surface area contributed by atoms with Gasteiger partial charge in [-0.25, -0.2) is 0 Å². The number of hydrogen-bond donors (Lipinski definition) is 1. The lowest BCUT2D eigenvalue weighted by Gasteiger charge is -2.18. The molecule has 20 heavy (non-hydrogen) atoms. The molecule has 0 amide bonds. The summed E-state index contributed by atoms with van der Waals surface area (Å²) in [4.78, 5) is 0.690. The Morgan fingerprint density at radius 3 is 2.45 bits per heavy atom. The molecule has 0 bridgehead atoms. The van der Waals surface area contributed by atoms with Crippen LogP contribution in [0.25, 0.3) is 0 Å². The minimum absolute atomic E-state index is 0. The van der Waals surface area contributed by atoms with Crippen molar-refractivity contribution >= 4 is 23.7 Å². The van der Waals surface area contributed by atoms with E-state index in [9.17, 15) is 13.2 Å². The maximum Gasteiger partial charge on any atom is 0.416 e. The van der Waals surface area contributed by atoms with Crippen LogP contribution in [-0.4, -0.2) is 7.11 Å². The second-order valence-corrected chi connectivity index (χ2v) is 4.92. The van der Waals surface area contributed by atoms with E-state index < -0.39 is 17.8 Å². The molecule has 0 fully saturated rings. The number of methoxy groups -OCH3 is 1. The zero-order valence-corrected chi connectivity index (χ0v) is 12.1. The summed E-state index contributed by atoms with van der Waals surface area (Å²) >= 11 is 1.33. The Balaban J connectivity index is 0.00000200. The van der Waals surface area contributed by atoms with Gasteiger partial charge in [0.05, 0.1) is 18.7 Å². The molecule has 2 N–H and O–H groups in total. The third-order valence-corrected chi connectivity index (χ3v) is 3.71. The first-order valence-corrected chi connectivity index (χ1v) is 6.35. The summed E-state index contributed by atoms with van der Waals surface area (Å²) in [5.74, 6) is 0.162. The molecule has 0 unspecified atom stereocenters. The Morgan fingerprint density at radius 1 is 1.25 bits per heavy atom. The molecule has 2 aromatic rings. The fourth-order valence-corrected chi connectivity index (χ4v) is 2.55. The number of nitrogens with two attached hydrogens (primary N) is 1. The highest BCUT2D eigenvalue weighted by Gasteiger charge is 2.35. The number of ether oxygens (including phenoxy) is 1. The van der Waals surface area contributed by atoms with Gasteiger partial charge in [-0.1, -0.05) is 12.1 Å². The van der Waals surface area contributed by atoms with Gasteiger partial charge in [0.2, 0.25) is 0 Å². The zero-order chi connectivity index (χ0) is 14.0. The van der Waals surface area contributed by atoms with Crippen LogP contribution in [0, 0.1) is 0 Å². The van der Waals surface area contributed by atoms with Gasteiger partial charge in [0.25, 0.3) is 0 Å². The van der Waals surface area contributed by atoms with E-state index in [-0.39, 0.29) is 23.7 Å². The van der Waals surface area contributed by atoms with Crippen LogP contribution in [0.4, 0.5) is 13.2 Å². The Kier molecular flexibility index (Phi) is 5.44. The van der Waals surface area contributed by atoms with Crippen molar-refractivity contribution in [2.45, 2.75) is 12.2 Å². The van der Waals surface area contributed by atoms with Crippen LogP contribution in [0.5, 0.6) is 5.75 Å². The van der Waals surface area contributed by atoms with Crippen molar-refractivity contribution in [3.8, 4) is 5.75 Å². The van der Waals surface area contributed by atoms with Crippen LogP contribution in [0.3, 0.4) is 0 Å². The average molecular weight is 324 g/mol. The fraction of sp³-hybridized carbons (Fsp3) is 0.231. The van der Waals surface area contributed by atoms with Gasteiger partial charge in [0.15, 0.2) is 0 Å². The Morgan fingerprint density at radius 2 is 1.95 bits per heavy atom. The second kappa shape index (κ2) is 6.47. The van der Waals surface area contributed by atoms with E-state index in [0.717, 1.165) is 6.07 Å². The van der Waals surface area contributed by atoms with E-state index in [1.807, 2.05) is 0 Å². The summed E-state index contributed by atoms with van der Waals surface area (Å²) in [5.41, 5.74) is 5.21. The summed E-state index contributed by atoms with van der Waals surface area (Å²) in [6.45, 7) is 0. The maximum absolute atomic E-state index is 13.1. The van der Waals surface area contributed by atoms with Gasteiger partial charge in [0, 0.05) is 4.88 Å². The Labute approximate surface area is 124 Å². The fourth-order valence-electron chi connectivity index (χ4n) is 1.80. The Bertz CT molecular complexity index is 557. The second-order valence-electron chi connectivity index (χ2n) is 3.94. The molecule has 0 aliphatic carbocycles. The third kappa shape index (κ3) is 3.45. The predicted molar refractivity (Wildman–Crippen MR) is 75.6 cm³/mol. The van der Waals surface area contributed by atoms with Crippen LogP contribution in [0.1, 0.15) is 22.0 Å². The van der Waals surface area contributed by atoms with Crippen molar-refractivity contribution in [2.75, 3.05) is 7.11 Å². The molecule has 2 rings (SSSR count). The lowest BCUT2D eigenvalue weighted by Crippen LogP contribution is -2.17. The van der Waals surface area contributed by atoms with Gasteiger partial charge in [0.1, 0.15) is 5.75 Å². The normalized spacial score (nSPS) is 12.7. The maximum atomic E-state index is 13.1. The highest BCUT2D eigenvalue weighted by molar-refractivity contribution is 7.10. The molecule has 1 aromatic carbocycles. The van der Waals surface area contributed by atoms with Crippen molar-refractivity contribution in [1.82, 2.24) is 0 Å². The van der Waals surface area contributed by atoms with Crippen molar-refractivity contribution < 1.29 is 17.9 Å². The minimum Gasteiger partial charge on any atom is -0.497 e. The van der Waals surface area contributed by atoms with Crippen LogP contribution in [0.15, 0.2) is 35.7 Å². The van der Waals surface area contributed by atoms with Gasteiger partial charge in [-0.05, 0) is 29.1 Å². The van der Waals surface area contributed by atoms with Crippen LogP contribution < -0.4 is 10.5 Å². The minimum atomic E-state index is -4.46. The number of alkyl halides is 3. The molecule has 0 aliphatic heterocycles. The van der Waals surface area contributed by atoms with Crippen molar-refractivity contribution in [3.63, 3.8) is 0 Å². The number of thiophene rings is 1. The van der Waals surface area contributed by atoms with Crippen molar-refractivity contribution in [1.29, 1.82) is 0 Å². The number of benzene rings is 1. The zero-order valence-electron chi connectivity index (χ0n) is 10.5. The molecule has 0 radical (unpaired) electrons. The first-order chi connectivity index (χ1) is 8.93. The lowest BCUT2D eigenvalue weighted by atomic mass is 9.99. The third-order valence-electron chi connectivity index (χ3n) is 2.75. The summed E-state index contributed by atoms with van der Waals surface area (Å²) in [7, 11) is 1.33. The molecule has 0 aliphatic rings. The van der Waals surface area contributed by atoms with E-state index in [0.29, 0.717) is 4.88 Å². The largest absolute Gasteiger partial charge is 0.497 e. The molecule has 0 saturated carbocycles. The summed E-state index contributed by atoms with van der Waals surface area (Å²) in [6.07, 6.45) is -4.46. The number of halogens is 4. The van der Waals surface area contributed by atoms with E-state index in [4.69, 9.17) is 10.5 Å². The molecule has 1 heterocycles. The highest BCUT2D eigenvalue weighted by atomic mass is 35.5. The van der Waals surface area contributed by atoms with E-state index in [2.05, 4.69) is 0 Å². The number of rotatable bonds is 3. The average Bonchev–Trinajstić information content (AvgIpc) is 2.90. The monoisotopic (exact) mass is 323 g/mol. The van der Waals surface area contributed by atoms with Gasteiger partial charge >= 0.3 is 6.18 Å². The molecule has 110 valence electrons. The van der Waals surface area contributed by atoms with Gasteiger partial charge < -0.3 is 10.5 Å². The van der Waals surface area contributed by atoms with E-state index in [1.165, 1.54) is 30.6 Å². The smallest absolute Gasteiger partial charge is 0.416 e. The van der Waals surface area contributed by atoms with Crippen molar-refractivity contribution in [2.24, 2.45) is 5.73 Å². The predicted octanol–water partition coefficient (Wildman–Crippen LogP) is 4.25. The summed E-state index contributed by atoms with van der Waals surface area (Å²) in [5, 5.41) is 1.78. The first-order valence-electron chi connectivity index (χ1n) is 5.47. The molecule has 2 nitrogen and oxygen atoms in total. The van der Waals surface area contributed by atoms with E-state index in [1.54, 1.807) is 17.5 Å². The molecule has 1 atom stereocenters. The lowest BCUT2D eigenvalue weighted by molar-refractivity contribution is -0.138. The first kappa shape index (κ1) is 16.8. The Hall–Kier alpha value is -1.24.